The molecule has 3 aliphatic rings. The van der Waals surface area contributed by atoms with Crippen LogP contribution in [0.15, 0.2) is 29.8 Å². The third-order valence-corrected chi connectivity index (χ3v) is 4.98. The zero-order chi connectivity index (χ0) is 17.9. The summed E-state index contributed by atoms with van der Waals surface area (Å²) in [5.41, 5.74) is 1.99. The molecule has 0 radical (unpaired) electrons. The summed E-state index contributed by atoms with van der Waals surface area (Å²) in [4.78, 5) is 26.5. The van der Waals surface area contributed by atoms with Gasteiger partial charge in [0.2, 0.25) is 11.8 Å². The summed E-state index contributed by atoms with van der Waals surface area (Å²) in [7, 11) is 0. The lowest BCUT2D eigenvalue weighted by Gasteiger charge is -2.22. The van der Waals surface area contributed by atoms with Crippen LogP contribution in [0.4, 0.5) is 5.69 Å². The van der Waals surface area contributed by atoms with Crippen molar-refractivity contribution in [3.05, 3.63) is 29.8 Å². The Bertz CT molecular complexity index is 746. The minimum absolute atomic E-state index is 0.0390. The Morgan fingerprint density at radius 3 is 2.92 bits per heavy atom. The van der Waals surface area contributed by atoms with Crippen molar-refractivity contribution < 1.29 is 19.1 Å². The van der Waals surface area contributed by atoms with Gasteiger partial charge in [-0.05, 0) is 25.1 Å². The van der Waals surface area contributed by atoms with Gasteiger partial charge in [-0.3, -0.25) is 9.59 Å². The maximum Gasteiger partial charge on any atom is 0.227 e. The molecule has 26 heavy (non-hydrogen) atoms. The molecule has 1 atom stereocenters. The Hall–Kier alpha value is -2.54. The number of amides is 2. The van der Waals surface area contributed by atoms with Crippen molar-refractivity contribution in [3.8, 4) is 11.5 Å². The SMILES string of the molecule is O=C(NCC1=CCNCC1)C1CC(=O)N(c2ccc3c(c2)OCCO3)C1. The van der Waals surface area contributed by atoms with Crippen molar-refractivity contribution in [2.24, 2.45) is 5.92 Å². The molecule has 0 spiro atoms. The van der Waals surface area contributed by atoms with Crippen LogP contribution in [-0.4, -0.2) is 51.2 Å². The first-order chi connectivity index (χ1) is 12.7. The van der Waals surface area contributed by atoms with Crippen molar-refractivity contribution in [2.75, 3.05) is 44.3 Å². The largest absolute Gasteiger partial charge is 0.486 e. The van der Waals surface area contributed by atoms with Crippen LogP contribution in [0.3, 0.4) is 0 Å². The van der Waals surface area contributed by atoms with Crippen molar-refractivity contribution in [1.29, 1.82) is 0 Å². The molecule has 0 bridgehead atoms. The molecule has 2 amide bonds. The third-order valence-electron chi connectivity index (χ3n) is 4.98. The smallest absolute Gasteiger partial charge is 0.227 e. The van der Waals surface area contributed by atoms with Crippen LogP contribution in [0.25, 0.3) is 0 Å². The van der Waals surface area contributed by atoms with E-state index in [1.165, 1.54) is 5.57 Å². The van der Waals surface area contributed by atoms with E-state index in [1.54, 1.807) is 4.90 Å². The van der Waals surface area contributed by atoms with Crippen LogP contribution in [0.5, 0.6) is 11.5 Å². The zero-order valence-corrected chi connectivity index (χ0v) is 14.6. The lowest BCUT2D eigenvalue weighted by atomic mass is 10.1. The van der Waals surface area contributed by atoms with Crippen LogP contribution < -0.4 is 25.0 Å². The predicted octanol–water partition coefficient (Wildman–Crippen LogP) is 0.847. The summed E-state index contributed by atoms with van der Waals surface area (Å²) >= 11 is 0. The molecule has 1 unspecified atom stereocenters. The predicted molar refractivity (Wildman–Crippen MR) is 96.5 cm³/mol. The Balaban J connectivity index is 1.38. The molecular weight excluding hydrogens is 334 g/mol. The van der Waals surface area contributed by atoms with Gasteiger partial charge in [0.25, 0.3) is 0 Å². The summed E-state index contributed by atoms with van der Waals surface area (Å²) in [5.74, 6) is 0.919. The van der Waals surface area contributed by atoms with E-state index < -0.39 is 0 Å². The molecule has 3 aliphatic heterocycles. The highest BCUT2D eigenvalue weighted by molar-refractivity contribution is 6.00. The van der Waals surface area contributed by atoms with Crippen LogP contribution in [-0.2, 0) is 9.59 Å². The second-order valence-corrected chi connectivity index (χ2v) is 6.77. The minimum atomic E-state index is -0.321. The molecule has 1 saturated heterocycles. The minimum Gasteiger partial charge on any atom is -0.486 e. The highest BCUT2D eigenvalue weighted by Crippen LogP contribution is 2.35. The van der Waals surface area contributed by atoms with Gasteiger partial charge in [-0.1, -0.05) is 11.6 Å². The van der Waals surface area contributed by atoms with Crippen molar-refractivity contribution >= 4 is 17.5 Å². The van der Waals surface area contributed by atoms with Crippen molar-refractivity contribution in [3.63, 3.8) is 0 Å². The molecule has 2 N–H and O–H groups in total. The zero-order valence-electron chi connectivity index (χ0n) is 14.6. The number of hydrogen-bond acceptors (Lipinski definition) is 5. The van der Waals surface area contributed by atoms with E-state index in [0.29, 0.717) is 37.8 Å². The van der Waals surface area contributed by atoms with Gasteiger partial charge in [0.05, 0.1) is 5.92 Å². The lowest BCUT2D eigenvalue weighted by molar-refractivity contribution is -0.126. The average Bonchev–Trinajstić information content (AvgIpc) is 3.08. The standard InChI is InChI=1S/C19H23N3O4/c23-18-9-14(19(24)21-11-13-3-5-20-6-4-13)12-22(18)15-1-2-16-17(10-15)26-8-7-25-16/h1-3,10,14,20H,4-9,11-12H2,(H,21,24). The quantitative estimate of drug-likeness (QED) is 0.781. The molecule has 1 fully saturated rings. The Labute approximate surface area is 152 Å². The molecular formula is C19H23N3O4. The van der Waals surface area contributed by atoms with E-state index in [1.807, 2.05) is 18.2 Å². The Morgan fingerprint density at radius 1 is 1.27 bits per heavy atom. The molecule has 1 aromatic carbocycles. The fraction of sp³-hybridized carbons (Fsp3) is 0.474. The van der Waals surface area contributed by atoms with Gasteiger partial charge in [0.1, 0.15) is 13.2 Å². The molecule has 3 heterocycles. The number of hydrogen-bond donors (Lipinski definition) is 2. The summed E-state index contributed by atoms with van der Waals surface area (Å²) in [6, 6.07) is 5.46. The van der Waals surface area contributed by atoms with Crippen LogP contribution in [0.2, 0.25) is 0 Å². The first kappa shape index (κ1) is 16.9. The number of carbonyl (C=O) groups excluding carboxylic acids is 2. The average molecular weight is 357 g/mol. The number of carbonyl (C=O) groups is 2. The Kier molecular flexibility index (Phi) is 4.79. The fourth-order valence-electron chi connectivity index (χ4n) is 3.51. The molecule has 138 valence electrons. The molecule has 1 aromatic rings. The second-order valence-electron chi connectivity index (χ2n) is 6.77. The highest BCUT2D eigenvalue weighted by atomic mass is 16.6. The van der Waals surface area contributed by atoms with Crippen molar-refractivity contribution in [2.45, 2.75) is 12.8 Å². The van der Waals surface area contributed by atoms with Crippen LogP contribution >= 0.6 is 0 Å². The van der Waals surface area contributed by atoms with E-state index in [-0.39, 0.29) is 24.2 Å². The van der Waals surface area contributed by atoms with E-state index >= 15 is 0 Å². The number of fused-ring (bicyclic) bond motifs is 1. The van der Waals surface area contributed by atoms with Crippen LogP contribution in [0.1, 0.15) is 12.8 Å². The summed E-state index contributed by atoms with van der Waals surface area (Å²) in [6.45, 7) is 3.79. The molecule has 0 aromatic heterocycles. The number of nitrogens with one attached hydrogen (secondary N) is 2. The maximum absolute atomic E-state index is 12.5. The monoisotopic (exact) mass is 357 g/mol. The van der Waals surface area contributed by atoms with E-state index in [0.717, 1.165) is 25.2 Å². The number of nitrogens with zero attached hydrogens (tertiary/aromatic N) is 1. The molecule has 0 saturated carbocycles. The van der Waals surface area contributed by atoms with Crippen molar-refractivity contribution in [1.82, 2.24) is 10.6 Å². The highest BCUT2D eigenvalue weighted by Gasteiger charge is 2.35. The fourth-order valence-corrected chi connectivity index (χ4v) is 3.51. The van der Waals surface area contributed by atoms with Gasteiger partial charge in [-0.25, -0.2) is 0 Å². The van der Waals surface area contributed by atoms with Gasteiger partial charge in [0, 0.05) is 37.8 Å². The van der Waals surface area contributed by atoms with Crippen LogP contribution in [0, 0.1) is 5.92 Å². The second kappa shape index (κ2) is 7.37. The van der Waals surface area contributed by atoms with E-state index in [2.05, 4.69) is 16.7 Å². The number of anilines is 1. The molecule has 4 rings (SSSR count). The summed E-state index contributed by atoms with van der Waals surface area (Å²) in [5, 5.41) is 6.23. The number of ether oxygens (including phenoxy) is 2. The van der Waals surface area contributed by atoms with E-state index in [4.69, 9.17) is 9.47 Å². The number of benzene rings is 1. The lowest BCUT2D eigenvalue weighted by Crippen LogP contribution is -2.35. The molecule has 7 heteroatoms. The van der Waals surface area contributed by atoms with Gasteiger partial charge in [-0.15, -0.1) is 0 Å². The third kappa shape index (κ3) is 3.53. The van der Waals surface area contributed by atoms with Gasteiger partial charge < -0.3 is 25.0 Å². The van der Waals surface area contributed by atoms with E-state index in [9.17, 15) is 9.59 Å². The first-order valence-corrected chi connectivity index (χ1v) is 9.07. The topological polar surface area (TPSA) is 79.9 Å². The molecule has 7 nitrogen and oxygen atoms in total. The normalized spacial score (nSPS) is 22.2. The van der Waals surface area contributed by atoms with Gasteiger partial charge in [-0.2, -0.15) is 0 Å². The first-order valence-electron chi connectivity index (χ1n) is 9.07. The summed E-state index contributed by atoms with van der Waals surface area (Å²) < 4.78 is 11.1. The molecule has 0 aliphatic carbocycles. The maximum atomic E-state index is 12.5. The van der Waals surface area contributed by atoms with Gasteiger partial charge in [0.15, 0.2) is 11.5 Å². The Morgan fingerprint density at radius 2 is 2.12 bits per heavy atom. The summed E-state index contributed by atoms with van der Waals surface area (Å²) in [6.07, 6.45) is 3.30. The van der Waals surface area contributed by atoms with Gasteiger partial charge >= 0.3 is 0 Å². The number of rotatable bonds is 4.